The van der Waals surface area contributed by atoms with Gasteiger partial charge in [-0.2, -0.15) is 0 Å². The van der Waals surface area contributed by atoms with Gasteiger partial charge in [0.1, 0.15) is 11.6 Å². The summed E-state index contributed by atoms with van der Waals surface area (Å²) < 4.78 is 10.8. The lowest BCUT2D eigenvalue weighted by Gasteiger charge is -2.12. The highest BCUT2D eigenvalue weighted by atomic mass is 16.5. The number of para-hydroxylation sites is 1. The minimum Gasteiger partial charge on any atom is -0.493 e. The topological polar surface area (TPSA) is 72.5 Å². The summed E-state index contributed by atoms with van der Waals surface area (Å²) in [4.78, 5) is 16.1. The molecule has 0 saturated carbocycles. The third-order valence-electron chi connectivity index (χ3n) is 3.90. The van der Waals surface area contributed by atoms with Gasteiger partial charge in [0.15, 0.2) is 0 Å². The maximum absolute atomic E-state index is 11.9. The minimum atomic E-state index is -0.150. The number of carbonyl (C=O) groups excluding carboxylic acids is 1. The molecule has 0 aliphatic carbocycles. The molecule has 2 aromatic rings. The summed E-state index contributed by atoms with van der Waals surface area (Å²) >= 11 is 0. The van der Waals surface area contributed by atoms with Gasteiger partial charge in [-0.1, -0.05) is 18.2 Å². The van der Waals surface area contributed by atoms with Gasteiger partial charge >= 0.3 is 0 Å². The molecule has 140 valence electrons. The van der Waals surface area contributed by atoms with E-state index in [1.165, 1.54) is 0 Å². The Morgan fingerprint density at radius 3 is 2.50 bits per heavy atom. The number of aryl methyl sites for hydroxylation is 2. The number of pyridine rings is 1. The Bertz CT molecular complexity index is 682. The number of rotatable bonds is 10. The fraction of sp³-hybridized carbons (Fsp3) is 0.400. The number of amides is 1. The number of hydrogen-bond acceptors (Lipinski definition) is 5. The first-order chi connectivity index (χ1) is 12.6. The van der Waals surface area contributed by atoms with Gasteiger partial charge in [0.2, 0.25) is 0 Å². The molecule has 1 aromatic heterocycles. The second kappa shape index (κ2) is 10.4. The molecule has 26 heavy (non-hydrogen) atoms. The van der Waals surface area contributed by atoms with E-state index >= 15 is 0 Å². The van der Waals surface area contributed by atoms with Crippen molar-refractivity contribution in [3.05, 3.63) is 53.2 Å². The molecule has 2 rings (SSSR count). The molecule has 1 heterocycles. The molecule has 0 fully saturated rings. The number of benzene rings is 1. The van der Waals surface area contributed by atoms with Crippen molar-refractivity contribution in [3.8, 4) is 5.75 Å². The molecule has 0 unspecified atom stereocenters. The summed E-state index contributed by atoms with van der Waals surface area (Å²) in [7, 11) is 1.60. The van der Waals surface area contributed by atoms with Gasteiger partial charge in [0, 0.05) is 26.4 Å². The lowest BCUT2D eigenvalue weighted by molar-refractivity contribution is 0.0937. The van der Waals surface area contributed by atoms with E-state index in [1.54, 1.807) is 25.4 Å². The number of nitrogens with one attached hydrogen (secondary N) is 2. The number of carbonyl (C=O) groups is 1. The Kier molecular flexibility index (Phi) is 7.89. The van der Waals surface area contributed by atoms with Crippen LogP contribution in [-0.4, -0.2) is 44.3 Å². The zero-order chi connectivity index (χ0) is 18.8. The zero-order valence-electron chi connectivity index (χ0n) is 15.7. The van der Waals surface area contributed by atoms with Crippen LogP contribution in [0.25, 0.3) is 0 Å². The Labute approximate surface area is 154 Å². The van der Waals surface area contributed by atoms with Crippen LogP contribution in [0.1, 0.15) is 27.9 Å². The molecule has 0 spiro atoms. The van der Waals surface area contributed by atoms with E-state index in [-0.39, 0.29) is 5.91 Å². The van der Waals surface area contributed by atoms with E-state index in [9.17, 15) is 4.79 Å². The van der Waals surface area contributed by atoms with Gasteiger partial charge in [-0.25, -0.2) is 4.98 Å². The Balaban J connectivity index is 1.70. The van der Waals surface area contributed by atoms with E-state index in [2.05, 4.69) is 41.6 Å². The largest absolute Gasteiger partial charge is 0.493 e. The Morgan fingerprint density at radius 1 is 1.08 bits per heavy atom. The van der Waals surface area contributed by atoms with Crippen LogP contribution >= 0.6 is 0 Å². The maximum Gasteiger partial charge on any atom is 0.252 e. The first kappa shape index (κ1) is 19.7. The summed E-state index contributed by atoms with van der Waals surface area (Å²) in [6, 6.07) is 9.70. The third kappa shape index (κ3) is 6.04. The van der Waals surface area contributed by atoms with Crippen LogP contribution in [0.3, 0.4) is 0 Å². The average Bonchev–Trinajstić information content (AvgIpc) is 2.64. The van der Waals surface area contributed by atoms with Gasteiger partial charge in [-0.3, -0.25) is 4.79 Å². The van der Waals surface area contributed by atoms with Gasteiger partial charge in [0.25, 0.3) is 5.91 Å². The van der Waals surface area contributed by atoms with Crippen molar-refractivity contribution in [3.63, 3.8) is 0 Å². The highest BCUT2D eigenvalue weighted by Gasteiger charge is 2.06. The van der Waals surface area contributed by atoms with Crippen molar-refractivity contribution in [2.45, 2.75) is 20.3 Å². The fourth-order valence-corrected chi connectivity index (χ4v) is 2.49. The van der Waals surface area contributed by atoms with Crippen LogP contribution in [0.4, 0.5) is 5.82 Å². The standard InChI is InChI=1S/C20H27N3O3/c1-15-6-4-7-16(2)19(15)26-12-5-10-21-18-9-8-17(14-23-18)20(24)22-11-13-25-3/h4,6-9,14H,5,10-13H2,1-3H3,(H,21,23)(H,22,24). The first-order valence-corrected chi connectivity index (χ1v) is 8.78. The number of hydrogen-bond donors (Lipinski definition) is 2. The number of anilines is 1. The van der Waals surface area contributed by atoms with E-state index in [1.807, 2.05) is 6.07 Å². The molecule has 2 N–H and O–H groups in total. The van der Waals surface area contributed by atoms with Crippen molar-refractivity contribution in [1.29, 1.82) is 0 Å². The van der Waals surface area contributed by atoms with Crippen LogP contribution in [0, 0.1) is 13.8 Å². The number of aromatic nitrogens is 1. The van der Waals surface area contributed by atoms with Crippen LogP contribution < -0.4 is 15.4 Å². The molecular weight excluding hydrogens is 330 g/mol. The predicted octanol–water partition coefficient (Wildman–Crippen LogP) is 2.96. The predicted molar refractivity (Wildman–Crippen MR) is 103 cm³/mol. The van der Waals surface area contributed by atoms with Gasteiger partial charge in [-0.05, 0) is 43.5 Å². The zero-order valence-corrected chi connectivity index (χ0v) is 15.7. The fourth-order valence-electron chi connectivity index (χ4n) is 2.49. The molecule has 6 heteroatoms. The summed E-state index contributed by atoms with van der Waals surface area (Å²) in [6.45, 7) is 6.46. The summed E-state index contributed by atoms with van der Waals surface area (Å²) in [5, 5.41) is 6.00. The second-order valence-electron chi connectivity index (χ2n) is 6.03. The highest BCUT2D eigenvalue weighted by Crippen LogP contribution is 2.22. The van der Waals surface area contributed by atoms with Gasteiger partial charge in [-0.15, -0.1) is 0 Å². The monoisotopic (exact) mass is 357 g/mol. The van der Waals surface area contributed by atoms with Crippen molar-refractivity contribution >= 4 is 11.7 Å². The van der Waals surface area contributed by atoms with Crippen molar-refractivity contribution in [2.24, 2.45) is 0 Å². The molecule has 0 bridgehead atoms. The normalized spacial score (nSPS) is 10.4. The van der Waals surface area contributed by atoms with Gasteiger partial charge in [0.05, 0.1) is 18.8 Å². The number of nitrogens with zero attached hydrogens (tertiary/aromatic N) is 1. The van der Waals surface area contributed by atoms with E-state index in [4.69, 9.17) is 9.47 Å². The molecular formula is C20H27N3O3. The van der Waals surface area contributed by atoms with Crippen LogP contribution in [0.2, 0.25) is 0 Å². The van der Waals surface area contributed by atoms with Crippen LogP contribution in [0.15, 0.2) is 36.5 Å². The summed E-state index contributed by atoms with van der Waals surface area (Å²) in [5.41, 5.74) is 2.84. The molecule has 1 amide bonds. The first-order valence-electron chi connectivity index (χ1n) is 8.78. The summed E-state index contributed by atoms with van der Waals surface area (Å²) in [6.07, 6.45) is 2.42. The molecule has 0 aliphatic heterocycles. The third-order valence-corrected chi connectivity index (χ3v) is 3.90. The number of ether oxygens (including phenoxy) is 2. The summed E-state index contributed by atoms with van der Waals surface area (Å²) in [5.74, 6) is 1.56. The van der Waals surface area contributed by atoms with Crippen molar-refractivity contribution in [1.82, 2.24) is 10.3 Å². The highest BCUT2D eigenvalue weighted by molar-refractivity contribution is 5.94. The van der Waals surface area contributed by atoms with Crippen LogP contribution in [-0.2, 0) is 4.74 Å². The van der Waals surface area contributed by atoms with Crippen molar-refractivity contribution in [2.75, 3.05) is 38.7 Å². The lowest BCUT2D eigenvalue weighted by atomic mass is 10.1. The lowest BCUT2D eigenvalue weighted by Crippen LogP contribution is -2.27. The average molecular weight is 357 g/mol. The maximum atomic E-state index is 11.9. The number of methoxy groups -OCH3 is 1. The van der Waals surface area contributed by atoms with E-state index in [0.717, 1.165) is 35.7 Å². The molecule has 1 aromatic carbocycles. The second-order valence-corrected chi connectivity index (χ2v) is 6.03. The van der Waals surface area contributed by atoms with Crippen molar-refractivity contribution < 1.29 is 14.3 Å². The SMILES string of the molecule is COCCNC(=O)c1ccc(NCCCOc2c(C)cccc2C)nc1. The van der Waals surface area contributed by atoms with E-state index < -0.39 is 0 Å². The smallest absolute Gasteiger partial charge is 0.252 e. The Hall–Kier alpha value is -2.60. The molecule has 0 radical (unpaired) electrons. The Morgan fingerprint density at radius 2 is 1.85 bits per heavy atom. The quantitative estimate of drug-likeness (QED) is 0.640. The van der Waals surface area contributed by atoms with Crippen LogP contribution in [0.5, 0.6) is 5.75 Å². The molecule has 0 atom stereocenters. The molecule has 0 aliphatic rings. The van der Waals surface area contributed by atoms with E-state index in [0.29, 0.717) is 25.3 Å². The molecule has 6 nitrogen and oxygen atoms in total. The molecule has 0 saturated heterocycles. The van der Waals surface area contributed by atoms with Gasteiger partial charge < -0.3 is 20.1 Å². The minimum absolute atomic E-state index is 0.150.